The van der Waals surface area contributed by atoms with Gasteiger partial charge in [0.05, 0.1) is 0 Å². The highest BCUT2D eigenvalue weighted by Crippen LogP contribution is 2.23. The molecule has 5 heteroatoms. The molecule has 0 radical (unpaired) electrons. The van der Waals surface area contributed by atoms with E-state index in [1.807, 2.05) is 42.1 Å². The quantitative estimate of drug-likeness (QED) is 0.812. The van der Waals surface area contributed by atoms with E-state index in [4.69, 9.17) is 0 Å². The van der Waals surface area contributed by atoms with Crippen molar-refractivity contribution in [3.63, 3.8) is 0 Å². The number of hydrogen-bond acceptors (Lipinski definition) is 3. The van der Waals surface area contributed by atoms with Crippen LogP contribution in [0.1, 0.15) is 31.2 Å². The van der Waals surface area contributed by atoms with Crippen molar-refractivity contribution in [2.45, 2.75) is 32.2 Å². The normalized spacial score (nSPS) is 22.5. The summed E-state index contributed by atoms with van der Waals surface area (Å²) < 4.78 is 0. The van der Waals surface area contributed by atoms with Crippen molar-refractivity contribution in [3.05, 3.63) is 35.9 Å². The minimum Gasteiger partial charge on any atom is -0.345 e. The maximum absolute atomic E-state index is 12.7. The highest BCUT2D eigenvalue weighted by Gasteiger charge is 2.30. The predicted molar refractivity (Wildman–Crippen MR) is 102 cm³/mol. The molecule has 0 bridgehead atoms. The monoisotopic (exact) mass is 357 g/mol. The van der Waals surface area contributed by atoms with Gasteiger partial charge in [0.25, 0.3) is 0 Å². The van der Waals surface area contributed by atoms with Gasteiger partial charge >= 0.3 is 0 Å². The van der Waals surface area contributed by atoms with Gasteiger partial charge < -0.3 is 14.7 Å². The van der Waals surface area contributed by atoms with E-state index < -0.39 is 0 Å². The highest BCUT2D eigenvalue weighted by molar-refractivity contribution is 5.78. The molecule has 0 N–H and O–H groups in total. The lowest BCUT2D eigenvalue weighted by atomic mass is 9.92. The summed E-state index contributed by atoms with van der Waals surface area (Å²) >= 11 is 0. The molecular weight excluding hydrogens is 326 g/mol. The molecule has 142 valence electrons. The van der Waals surface area contributed by atoms with Crippen LogP contribution in [0.5, 0.6) is 0 Å². The number of nitrogens with zero attached hydrogens (tertiary/aromatic N) is 3. The van der Waals surface area contributed by atoms with Crippen molar-refractivity contribution in [2.24, 2.45) is 11.8 Å². The van der Waals surface area contributed by atoms with E-state index in [2.05, 4.69) is 17.0 Å². The van der Waals surface area contributed by atoms with Gasteiger partial charge in [-0.1, -0.05) is 30.3 Å². The van der Waals surface area contributed by atoms with Crippen LogP contribution in [0, 0.1) is 11.8 Å². The average Bonchev–Trinajstić information content (AvgIpc) is 2.65. The van der Waals surface area contributed by atoms with E-state index in [9.17, 15) is 9.59 Å². The van der Waals surface area contributed by atoms with Crippen LogP contribution in [0.15, 0.2) is 30.3 Å². The molecule has 26 heavy (non-hydrogen) atoms. The van der Waals surface area contributed by atoms with Gasteiger partial charge in [-0.2, -0.15) is 0 Å². The Hall–Kier alpha value is -1.88. The zero-order chi connectivity index (χ0) is 18.5. The molecule has 1 atom stereocenters. The second-order valence-corrected chi connectivity index (χ2v) is 7.93. The number of piperidine rings is 2. The van der Waals surface area contributed by atoms with Gasteiger partial charge in [-0.05, 0) is 43.8 Å². The number of likely N-dealkylation sites (tertiary alicyclic amines) is 2. The largest absolute Gasteiger partial charge is 0.345 e. The zero-order valence-electron chi connectivity index (χ0n) is 16.1. The lowest BCUT2D eigenvalue weighted by Gasteiger charge is -2.37. The summed E-state index contributed by atoms with van der Waals surface area (Å²) in [6.07, 6.45) is 3.57. The smallest absolute Gasteiger partial charge is 0.225 e. The van der Waals surface area contributed by atoms with Gasteiger partial charge in [0.1, 0.15) is 0 Å². The topological polar surface area (TPSA) is 43.9 Å². The highest BCUT2D eigenvalue weighted by atomic mass is 16.2. The van der Waals surface area contributed by atoms with Gasteiger partial charge in [-0.25, -0.2) is 0 Å². The summed E-state index contributed by atoms with van der Waals surface area (Å²) in [5, 5.41) is 0. The fourth-order valence-corrected chi connectivity index (χ4v) is 4.22. The predicted octanol–water partition coefficient (Wildman–Crippen LogP) is 2.23. The van der Waals surface area contributed by atoms with Gasteiger partial charge in [0.15, 0.2) is 0 Å². The van der Waals surface area contributed by atoms with Crippen molar-refractivity contribution in [2.75, 3.05) is 40.3 Å². The number of carbonyl (C=O) groups is 2. The van der Waals surface area contributed by atoms with Crippen LogP contribution in [-0.2, 0) is 16.1 Å². The maximum atomic E-state index is 12.7. The molecule has 0 saturated carbocycles. The standard InChI is InChI=1S/C21H31N3O2/c1-22-15-18(8-9-20(22)25)16-24-12-10-19(11-13-24)21(26)23(2)14-17-6-4-3-5-7-17/h3-7,18-19H,8-16H2,1-2H3. The van der Waals surface area contributed by atoms with Gasteiger partial charge in [-0.15, -0.1) is 0 Å². The van der Waals surface area contributed by atoms with Gasteiger partial charge in [-0.3, -0.25) is 9.59 Å². The zero-order valence-corrected chi connectivity index (χ0v) is 16.1. The van der Waals surface area contributed by atoms with E-state index in [0.29, 0.717) is 18.9 Å². The fourth-order valence-electron chi connectivity index (χ4n) is 4.22. The molecule has 3 rings (SSSR count). The number of amides is 2. The summed E-state index contributed by atoms with van der Waals surface area (Å²) in [6.45, 7) is 4.59. The van der Waals surface area contributed by atoms with Crippen molar-refractivity contribution in [1.82, 2.24) is 14.7 Å². The molecule has 0 aliphatic carbocycles. The Labute approximate surface area is 156 Å². The Bertz CT molecular complexity index is 611. The van der Waals surface area contributed by atoms with Gasteiger partial charge in [0, 0.05) is 46.1 Å². The van der Waals surface area contributed by atoms with Gasteiger partial charge in [0.2, 0.25) is 11.8 Å². The van der Waals surface area contributed by atoms with Crippen LogP contribution in [0.3, 0.4) is 0 Å². The first-order chi connectivity index (χ1) is 12.5. The van der Waals surface area contributed by atoms with Crippen LogP contribution in [0.25, 0.3) is 0 Å². The summed E-state index contributed by atoms with van der Waals surface area (Å²) in [5.74, 6) is 1.27. The molecule has 2 amide bonds. The van der Waals surface area contributed by atoms with E-state index in [0.717, 1.165) is 45.4 Å². The lowest BCUT2D eigenvalue weighted by Crippen LogP contribution is -2.45. The maximum Gasteiger partial charge on any atom is 0.225 e. The molecular formula is C21H31N3O2. The Morgan fingerprint density at radius 3 is 2.50 bits per heavy atom. The Morgan fingerprint density at radius 2 is 1.85 bits per heavy atom. The van der Waals surface area contributed by atoms with E-state index in [1.165, 1.54) is 5.56 Å². The third-order valence-electron chi connectivity index (χ3n) is 5.82. The second-order valence-electron chi connectivity index (χ2n) is 7.93. The summed E-state index contributed by atoms with van der Waals surface area (Å²) in [6, 6.07) is 10.2. The first kappa shape index (κ1) is 18.9. The number of hydrogen-bond donors (Lipinski definition) is 0. The van der Waals surface area contributed by atoms with Crippen LogP contribution < -0.4 is 0 Å². The molecule has 1 unspecified atom stereocenters. The van der Waals surface area contributed by atoms with Crippen molar-refractivity contribution in [3.8, 4) is 0 Å². The first-order valence-corrected chi connectivity index (χ1v) is 9.78. The van der Waals surface area contributed by atoms with E-state index >= 15 is 0 Å². The number of benzene rings is 1. The molecule has 0 spiro atoms. The summed E-state index contributed by atoms with van der Waals surface area (Å²) in [4.78, 5) is 30.6. The van der Waals surface area contributed by atoms with Crippen molar-refractivity contribution in [1.29, 1.82) is 0 Å². The van der Waals surface area contributed by atoms with Crippen LogP contribution >= 0.6 is 0 Å². The first-order valence-electron chi connectivity index (χ1n) is 9.78. The third kappa shape index (κ3) is 4.85. The summed E-state index contributed by atoms with van der Waals surface area (Å²) in [5.41, 5.74) is 1.18. The number of carbonyl (C=O) groups excluding carboxylic acids is 2. The Balaban J connectivity index is 1.43. The summed E-state index contributed by atoms with van der Waals surface area (Å²) in [7, 11) is 3.82. The minimum absolute atomic E-state index is 0.149. The molecule has 1 aromatic rings. The second kappa shape index (κ2) is 8.67. The van der Waals surface area contributed by atoms with Crippen LogP contribution in [0.4, 0.5) is 0 Å². The number of rotatable bonds is 5. The third-order valence-corrected chi connectivity index (χ3v) is 5.82. The Morgan fingerprint density at radius 1 is 1.15 bits per heavy atom. The average molecular weight is 357 g/mol. The van der Waals surface area contributed by atoms with Crippen molar-refractivity contribution < 1.29 is 9.59 Å². The fraction of sp³-hybridized carbons (Fsp3) is 0.619. The molecule has 2 fully saturated rings. The van der Waals surface area contributed by atoms with Crippen LogP contribution in [0.2, 0.25) is 0 Å². The minimum atomic E-state index is 0.149. The SMILES string of the molecule is CN1CC(CN2CCC(C(=O)N(C)Cc3ccccc3)CC2)CCC1=O. The molecule has 5 nitrogen and oxygen atoms in total. The van der Waals surface area contributed by atoms with Crippen molar-refractivity contribution >= 4 is 11.8 Å². The molecule has 2 heterocycles. The lowest BCUT2D eigenvalue weighted by molar-refractivity contribution is -0.137. The molecule has 1 aromatic carbocycles. The van der Waals surface area contributed by atoms with E-state index in [1.54, 1.807) is 0 Å². The van der Waals surface area contributed by atoms with E-state index in [-0.39, 0.29) is 17.7 Å². The molecule has 2 saturated heterocycles. The van der Waals surface area contributed by atoms with Crippen LogP contribution in [-0.4, -0.2) is 66.8 Å². The Kier molecular flexibility index (Phi) is 6.30. The molecule has 2 aliphatic heterocycles. The molecule has 0 aromatic heterocycles. The molecule has 2 aliphatic rings.